The zero-order valence-electron chi connectivity index (χ0n) is 19.2. The first-order valence-corrected chi connectivity index (χ1v) is 11.7. The molecule has 2 aliphatic rings. The van der Waals surface area contributed by atoms with Crippen molar-refractivity contribution >= 4 is 23.3 Å². The summed E-state index contributed by atoms with van der Waals surface area (Å²) in [4.78, 5) is 37.8. The van der Waals surface area contributed by atoms with Crippen molar-refractivity contribution in [2.75, 3.05) is 62.2 Å². The second-order valence-corrected chi connectivity index (χ2v) is 8.89. The maximum absolute atomic E-state index is 14.0. The van der Waals surface area contributed by atoms with Crippen LogP contribution < -0.4 is 9.80 Å². The van der Waals surface area contributed by atoms with E-state index in [0.29, 0.717) is 57.8 Å². The summed E-state index contributed by atoms with van der Waals surface area (Å²) in [6.45, 7) is 7.22. The number of piperazine rings is 2. The van der Waals surface area contributed by atoms with Gasteiger partial charge in [0.25, 0.3) is 0 Å². The van der Waals surface area contributed by atoms with Crippen LogP contribution in [0.1, 0.15) is 19.8 Å². The van der Waals surface area contributed by atoms with E-state index in [-0.39, 0.29) is 23.5 Å². The number of rotatable bonds is 6. The number of halogens is 1. The number of nitrogens with zero attached hydrogens (tertiary/aromatic N) is 5. The van der Waals surface area contributed by atoms with Crippen LogP contribution in [0.3, 0.4) is 0 Å². The van der Waals surface area contributed by atoms with E-state index in [4.69, 9.17) is 0 Å². The van der Waals surface area contributed by atoms with Crippen LogP contribution in [0.2, 0.25) is 0 Å². The summed E-state index contributed by atoms with van der Waals surface area (Å²) in [6, 6.07) is 12.6. The van der Waals surface area contributed by atoms with E-state index in [1.165, 1.54) is 6.07 Å². The fraction of sp³-hybridized carbons (Fsp3) is 0.480. The molecule has 2 saturated heterocycles. The van der Waals surface area contributed by atoms with Gasteiger partial charge in [0.2, 0.25) is 11.8 Å². The maximum Gasteiger partial charge on any atom is 0.222 e. The van der Waals surface area contributed by atoms with Crippen molar-refractivity contribution in [2.45, 2.75) is 19.8 Å². The Morgan fingerprint density at radius 1 is 0.818 bits per heavy atom. The zero-order chi connectivity index (χ0) is 23.2. The van der Waals surface area contributed by atoms with E-state index in [1.54, 1.807) is 18.3 Å². The summed E-state index contributed by atoms with van der Waals surface area (Å²) >= 11 is 0. The minimum atomic E-state index is -0.231. The van der Waals surface area contributed by atoms with E-state index in [1.807, 2.05) is 45.9 Å². The summed E-state index contributed by atoms with van der Waals surface area (Å²) in [7, 11) is 0. The molecule has 2 amide bonds. The van der Waals surface area contributed by atoms with Crippen molar-refractivity contribution < 1.29 is 14.0 Å². The lowest BCUT2D eigenvalue weighted by Crippen LogP contribution is -2.50. The fourth-order valence-electron chi connectivity index (χ4n) is 4.56. The molecule has 4 rings (SSSR count). The molecular weight excluding hydrogens is 421 g/mol. The van der Waals surface area contributed by atoms with Gasteiger partial charge in [-0.2, -0.15) is 0 Å². The van der Waals surface area contributed by atoms with E-state index in [2.05, 4.69) is 9.88 Å². The molecule has 7 nitrogen and oxygen atoms in total. The number of amides is 2. The largest absolute Gasteiger partial charge is 0.366 e. The lowest BCUT2D eigenvalue weighted by Gasteiger charge is -2.37. The minimum Gasteiger partial charge on any atom is -0.366 e. The predicted octanol–water partition coefficient (Wildman–Crippen LogP) is 2.63. The van der Waals surface area contributed by atoms with Gasteiger partial charge < -0.3 is 19.6 Å². The standard InChI is InChI=1S/C25H32FN5O2/c1-20(19-25(33)31-16-12-29(13-17-31)23-8-4-5-9-27-23)18-24(32)30-14-10-28(11-15-30)22-7-3-2-6-21(22)26/h2-9,20H,10-19H2,1H3. The highest BCUT2D eigenvalue weighted by molar-refractivity contribution is 5.80. The topological polar surface area (TPSA) is 60.0 Å². The van der Waals surface area contributed by atoms with Crippen LogP contribution in [-0.2, 0) is 9.59 Å². The van der Waals surface area contributed by atoms with Gasteiger partial charge in [-0.25, -0.2) is 9.37 Å². The normalized spacial score (nSPS) is 17.8. The third-order valence-corrected chi connectivity index (χ3v) is 6.48. The second-order valence-electron chi connectivity index (χ2n) is 8.89. The smallest absolute Gasteiger partial charge is 0.222 e. The third kappa shape index (κ3) is 5.80. The van der Waals surface area contributed by atoms with Gasteiger partial charge in [-0.05, 0) is 30.2 Å². The molecule has 3 heterocycles. The Bertz CT molecular complexity index is 941. The average molecular weight is 454 g/mol. The van der Waals surface area contributed by atoms with Crippen LogP contribution in [0.15, 0.2) is 48.7 Å². The number of anilines is 2. The van der Waals surface area contributed by atoms with Gasteiger partial charge in [-0.1, -0.05) is 25.1 Å². The van der Waals surface area contributed by atoms with Gasteiger partial charge in [0.15, 0.2) is 0 Å². The van der Waals surface area contributed by atoms with Gasteiger partial charge in [0.05, 0.1) is 5.69 Å². The van der Waals surface area contributed by atoms with Crippen molar-refractivity contribution in [3.05, 3.63) is 54.5 Å². The molecule has 2 fully saturated rings. The van der Waals surface area contributed by atoms with E-state index in [0.717, 1.165) is 18.9 Å². The SMILES string of the molecule is CC(CC(=O)N1CCN(c2ccccn2)CC1)CC(=O)N1CCN(c2ccccc2F)CC1. The first-order valence-electron chi connectivity index (χ1n) is 11.7. The molecule has 2 aromatic rings. The number of carbonyl (C=O) groups is 2. The Balaban J connectivity index is 1.19. The molecule has 2 aliphatic heterocycles. The molecule has 0 aliphatic carbocycles. The van der Waals surface area contributed by atoms with E-state index in [9.17, 15) is 14.0 Å². The molecule has 176 valence electrons. The number of benzene rings is 1. The highest BCUT2D eigenvalue weighted by atomic mass is 19.1. The zero-order valence-corrected chi connectivity index (χ0v) is 19.2. The molecule has 1 aromatic heterocycles. The molecule has 1 aromatic carbocycles. The molecule has 0 radical (unpaired) electrons. The molecular formula is C25H32FN5O2. The highest BCUT2D eigenvalue weighted by Gasteiger charge is 2.26. The third-order valence-electron chi connectivity index (χ3n) is 6.48. The summed E-state index contributed by atoms with van der Waals surface area (Å²) in [5.41, 5.74) is 0.590. The number of hydrogen-bond donors (Lipinski definition) is 0. The van der Waals surface area contributed by atoms with Crippen LogP contribution in [0.4, 0.5) is 15.9 Å². The summed E-state index contributed by atoms with van der Waals surface area (Å²) in [6.07, 6.45) is 2.52. The Labute approximate surface area is 194 Å². The minimum absolute atomic E-state index is 0.0107. The number of hydrogen-bond acceptors (Lipinski definition) is 5. The first-order chi connectivity index (χ1) is 16.0. The Morgan fingerprint density at radius 3 is 1.91 bits per heavy atom. The van der Waals surface area contributed by atoms with Gasteiger partial charge >= 0.3 is 0 Å². The number of para-hydroxylation sites is 1. The molecule has 1 atom stereocenters. The van der Waals surface area contributed by atoms with Gasteiger partial charge in [-0.15, -0.1) is 0 Å². The maximum atomic E-state index is 14.0. The lowest BCUT2D eigenvalue weighted by atomic mass is 10.0. The van der Waals surface area contributed by atoms with Crippen molar-refractivity contribution in [1.29, 1.82) is 0 Å². The number of aromatic nitrogens is 1. The highest BCUT2D eigenvalue weighted by Crippen LogP contribution is 2.21. The van der Waals surface area contributed by atoms with Crippen molar-refractivity contribution in [1.82, 2.24) is 14.8 Å². The average Bonchev–Trinajstić information content (AvgIpc) is 2.85. The van der Waals surface area contributed by atoms with Crippen molar-refractivity contribution in [3.63, 3.8) is 0 Å². The quantitative estimate of drug-likeness (QED) is 0.673. The molecule has 0 bridgehead atoms. The second kappa shape index (κ2) is 10.6. The van der Waals surface area contributed by atoms with Gasteiger partial charge in [0.1, 0.15) is 11.6 Å². The first kappa shape index (κ1) is 23.0. The van der Waals surface area contributed by atoms with Crippen molar-refractivity contribution in [3.8, 4) is 0 Å². The number of carbonyl (C=O) groups excluding carboxylic acids is 2. The molecule has 33 heavy (non-hydrogen) atoms. The summed E-state index contributed by atoms with van der Waals surface area (Å²) < 4.78 is 14.0. The fourth-order valence-corrected chi connectivity index (χ4v) is 4.56. The Kier molecular flexibility index (Phi) is 7.42. The van der Waals surface area contributed by atoms with Crippen LogP contribution in [0, 0.1) is 11.7 Å². The Morgan fingerprint density at radius 2 is 1.36 bits per heavy atom. The van der Waals surface area contributed by atoms with Crippen LogP contribution in [0.5, 0.6) is 0 Å². The summed E-state index contributed by atoms with van der Waals surface area (Å²) in [5, 5.41) is 0. The lowest BCUT2D eigenvalue weighted by molar-refractivity contribution is -0.134. The van der Waals surface area contributed by atoms with Crippen LogP contribution in [-0.4, -0.2) is 79.0 Å². The number of pyridine rings is 1. The van der Waals surface area contributed by atoms with Crippen molar-refractivity contribution in [2.24, 2.45) is 5.92 Å². The van der Waals surface area contributed by atoms with E-state index < -0.39 is 0 Å². The van der Waals surface area contributed by atoms with Crippen LogP contribution >= 0.6 is 0 Å². The van der Waals surface area contributed by atoms with Gasteiger partial charge in [0, 0.05) is 71.4 Å². The Hall–Kier alpha value is -3.16. The van der Waals surface area contributed by atoms with Gasteiger partial charge in [-0.3, -0.25) is 9.59 Å². The predicted molar refractivity (Wildman–Crippen MR) is 127 cm³/mol. The van der Waals surface area contributed by atoms with E-state index >= 15 is 0 Å². The molecule has 1 unspecified atom stereocenters. The molecule has 0 spiro atoms. The summed E-state index contributed by atoms with van der Waals surface area (Å²) in [5.74, 6) is 0.885. The van der Waals surface area contributed by atoms with Crippen LogP contribution in [0.25, 0.3) is 0 Å². The molecule has 8 heteroatoms. The molecule has 0 saturated carbocycles. The molecule has 0 N–H and O–H groups in total. The monoisotopic (exact) mass is 453 g/mol.